The molecule has 96 valence electrons. The molecule has 4 nitrogen and oxygen atoms in total. The van der Waals surface area contributed by atoms with Gasteiger partial charge in [-0.1, -0.05) is 11.6 Å². The monoisotopic (exact) mass is 267 g/mol. The van der Waals surface area contributed by atoms with Crippen molar-refractivity contribution in [2.24, 2.45) is 0 Å². The lowest BCUT2D eigenvalue weighted by Crippen LogP contribution is -2.41. The third-order valence-electron chi connectivity index (χ3n) is 2.81. The maximum absolute atomic E-state index is 12.0. The van der Waals surface area contributed by atoms with Gasteiger partial charge in [-0.3, -0.25) is 14.5 Å². The van der Waals surface area contributed by atoms with Gasteiger partial charge in [0.1, 0.15) is 5.75 Å². The number of hydrogen-bond acceptors (Lipinski definition) is 3. The predicted octanol–water partition coefficient (Wildman–Crippen LogP) is 2.26. The normalized spacial score (nSPS) is 16.8. The van der Waals surface area contributed by atoms with Gasteiger partial charge in [-0.15, -0.1) is 0 Å². The smallest absolute Gasteiger partial charge is 0.269 e. The van der Waals surface area contributed by atoms with Gasteiger partial charge in [0.2, 0.25) is 5.91 Å². The second-order valence-corrected chi connectivity index (χ2v) is 4.64. The van der Waals surface area contributed by atoms with Gasteiger partial charge in [0.05, 0.1) is 0 Å². The molecule has 0 aromatic heterocycles. The summed E-state index contributed by atoms with van der Waals surface area (Å²) in [5.74, 6) is 0.158. The Labute approximate surface area is 110 Å². The lowest BCUT2D eigenvalue weighted by atomic mass is 10.3. The average Bonchev–Trinajstić information content (AvgIpc) is 2.77. The van der Waals surface area contributed by atoms with E-state index in [0.29, 0.717) is 23.7 Å². The van der Waals surface area contributed by atoms with Crippen LogP contribution in [0.5, 0.6) is 5.75 Å². The maximum atomic E-state index is 12.0. The number of likely N-dealkylation sites (tertiary alicyclic amines) is 1. The largest absolute Gasteiger partial charge is 0.481 e. The first kappa shape index (κ1) is 12.9. The van der Waals surface area contributed by atoms with E-state index in [1.807, 2.05) is 0 Å². The topological polar surface area (TPSA) is 46.6 Å². The van der Waals surface area contributed by atoms with Crippen LogP contribution >= 0.6 is 11.6 Å². The second kappa shape index (κ2) is 5.40. The van der Waals surface area contributed by atoms with E-state index in [-0.39, 0.29) is 11.8 Å². The number of hydrogen-bond donors (Lipinski definition) is 0. The molecule has 2 rings (SSSR count). The predicted molar refractivity (Wildman–Crippen MR) is 67.5 cm³/mol. The number of halogens is 1. The maximum Gasteiger partial charge on any atom is 0.269 e. The van der Waals surface area contributed by atoms with E-state index in [4.69, 9.17) is 16.3 Å². The summed E-state index contributed by atoms with van der Waals surface area (Å²) in [6, 6.07) is 6.76. The fourth-order valence-corrected chi connectivity index (χ4v) is 1.99. The molecule has 5 heteroatoms. The van der Waals surface area contributed by atoms with E-state index in [1.165, 1.54) is 4.90 Å². The van der Waals surface area contributed by atoms with Gasteiger partial charge in [-0.2, -0.15) is 0 Å². The van der Waals surface area contributed by atoms with Crippen molar-refractivity contribution < 1.29 is 14.3 Å². The zero-order valence-electron chi connectivity index (χ0n) is 10.1. The van der Waals surface area contributed by atoms with Gasteiger partial charge in [-0.25, -0.2) is 0 Å². The minimum absolute atomic E-state index is 0.119. The number of amides is 2. The molecule has 18 heavy (non-hydrogen) atoms. The molecule has 1 aliphatic rings. The summed E-state index contributed by atoms with van der Waals surface area (Å²) in [6.45, 7) is 2.13. The Balaban J connectivity index is 1.99. The van der Waals surface area contributed by atoms with Crippen LogP contribution in [0.1, 0.15) is 19.8 Å². The third-order valence-corrected chi connectivity index (χ3v) is 3.07. The molecular formula is C13H14ClNO3. The number of carbonyl (C=O) groups is 2. The van der Waals surface area contributed by atoms with Crippen LogP contribution in [0.15, 0.2) is 24.3 Å². The molecule has 0 saturated carbocycles. The molecule has 1 aromatic rings. The summed E-state index contributed by atoms with van der Waals surface area (Å²) in [7, 11) is 0. The van der Waals surface area contributed by atoms with Crippen molar-refractivity contribution in [1.29, 1.82) is 0 Å². The summed E-state index contributed by atoms with van der Waals surface area (Å²) in [4.78, 5) is 24.7. The Kier molecular flexibility index (Phi) is 3.87. The van der Waals surface area contributed by atoms with Crippen LogP contribution in [0, 0.1) is 0 Å². The number of rotatable bonds is 3. The molecule has 0 aliphatic carbocycles. The van der Waals surface area contributed by atoms with Crippen molar-refractivity contribution in [1.82, 2.24) is 4.90 Å². The summed E-state index contributed by atoms with van der Waals surface area (Å²) < 4.78 is 5.49. The highest BCUT2D eigenvalue weighted by Crippen LogP contribution is 2.18. The molecule has 1 aromatic carbocycles. The van der Waals surface area contributed by atoms with Crippen LogP contribution in [-0.4, -0.2) is 29.4 Å². The summed E-state index contributed by atoms with van der Waals surface area (Å²) in [5.41, 5.74) is 0. The highest BCUT2D eigenvalue weighted by molar-refractivity contribution is 6.30. The van der Waals surface area contributed by atoms with Crippen molar-refractivity contribution in [3.8, 4) is 5.75 Å². The van der Waals surface area contributed by atoms with Crippen molar-refractivity contribution in [2.75, 3.05) is 6.54 Å². The molecule has 0 N–H and O–H groups in total. The number of benzene rings is 1. The lowest BCUT2D eigenvalue weighted by molar-refractivity contribution is -0.146. The highest BCUT2D eigenvalue weighted by Gasteiger charge is 2.30. The minimum Gasteiger partial charge on any atom is -0.481 e. The van der Waals surface area contributed by atoms with Crippen LogP contribution < -0.4 is 4.74 Å². The van der Waals surface area contributed by atoms with Gasteiger partial charge in [0.15, 0.2) is 6.10 Å². The van der Waals surface area contributed by atoms with E-state index in [1.54, 1.807) is 31.2 Å². The molecule has 0 radical (unpaired) electrons. The van der Waals surface area contributed by atoms with E-state index in [0.717, 1.165) is 6.42 Å². The summed E-state index contributed by atoms with van der Waals surface area (Å²) >= 11 is 5.76. The Morgan fingerprint density at radius 1 is 1.39 bits per heavy atom. The standard InChI is InChI=1S/C13H14ClNO3/c1-9(13(17)15-8-2-3-12(15)16)18-11-6-4-10(14)5-7-11/h4-7,9H,2-3,8H2,1H3/t9-/m0/s1. The van der Waals surface area contributed by atoms with Crippen LogP contribution in [0.25, 0.3) is 0 Å². The first-order valence-electron chi connectivity index (χ1n) is 5.84. The molecule has 1 atom stereocenters. The van der Waals surface area contributed by atoms with Crippen molar-refractivity contribution >= 4 is 23.4 Å². The Morgan fingerprint density at radius 3 is 2.61 bits per heavy atom. The number of nitrogens with zero attached hydrogens (tertiary/aromatic N) is 1. The van der Waals surface area contributed by atoms with Crippen LogP contribution in [0.4, 0.5) is 0 Å². The van der Waals surface area contributed by atoms with Gasteiger partial charge >= 0.3 is 0 Å². The van der Waals surface area contributed by atoms with Crippen molar-refractivity contribution in [3.63, 3.8) is 0 Å². The number of ether oxygens (including phenoxy) is 1. The molecule has 2 amide bonds. The van der Waals surface area contributed by atoms with Crippen LogP contribution in [0.2, 0.25) is 5.02 Å². The Morgan fingerprint density at radius 2 is 2.06 bits per heavy atom. The Bertz CT molecular complexity index is 458. The lowest BCUT2D eigenvalue weighted by Gasteiger charge is -2.19. The molecule has 0 spiro atoms. The first-order chi connectivity index (χ1) is 8.58. The average molecular weight is 268 g/mol. The summed E-state index contributed by atoms with van der Waals surface area (Å²) in [6.07, 6.45) is 0.505. The molecule has 0 unspecified atom stereocenters. The zero-order valence-corrected chi connectivity index (χ0v) is 10.8. The minimum atomic E-state index is -0.673. The zero-order chi connectivity index (χ0) is 13.1. The SMILES string of the molecule is C[C@H](Oc1ccc(Cl)cc1)C(=O)N1CCCC1=O. The quantitative estimate of drug-likeness (QED) is 0.844. The molecule has 1 fully saturated rings. The van der Waals surface area contributed by atoms with Gasteiger partial charge in [-0.05, 0) is 37.6 Å². The molecule has 1 aliphatic heterocycles. The van der Waals surface area contributed by atoms with Crippen LogP contribution in [-0.2, 0) is 9.59 Å². The molecular weight excluding hydrogens is 254 g/mol. The summed E-state index contributed by atoms with van der Waals surface area (Å²) in [5, 5.41) is 0.607. The molecule has 1 saturated heterocycles. The van der Waals surface area contributed by atoms with Crippen LogP contribution in [0.3, 0.4) is 0 Å². The van der Waals surface area contributed by atoms with E-state index in [2.05, 4.69) is 0 Å². The fourth-order valence-electron chi connectivity index (χ4n) is 1.87. The van der Waals surface area contributed by atoms with E-state index in [9.17, 15) is 9.59 Å². The fraction of sp³-hybridized carbons (Fsp3) is 0.385. The van der Waals surface area contributed by atoms with Gasteiger partial charge in [0.25, 0.3) is 5.91 Å². The molecule has 0 bridgehead atoms. The third kappa shape index (κ3) is 2.82. The Hall–Kier alpha value is -1.55. The van der Waals surface area contributed by atoms with Gasteiger partial charge in [0, 0.05) is 18.0 Å². The van der Waals surface area contributed by atoms with Gasteiger partial charge < -0.3 is 4.74 Å². The van der Waals surface area contributed by atoms with Crippen molar-refractivity contribution in [3.05, 3.63) is 29.3 Å². The highest BCUT2D eigenvalue weighted by atomic mass is 35.5. The number of carbonyl (C=O) groups excluding carboxylic acids is 2. The van der Waals surface area contributed by atoms with E-state index >= 15 is 0 Å². The first-order valence-corrected chi connectivity index (χ1v) is 6.22. The second-order valence-electron chi connectivity index (χ2n) is 4.20. The van der Waals surface area contributed by atoms with Crippen molar-refractivity contribution in [2.45, 2.75) is 25.9 Å². The molecule has 1 heterocycles. The number of imide groups is 1. The van der Waals surface area contributed by atoms with E-state index < -0.39 is 6.10 Å².